The van der Waals surface area contributed by atoms with Gasteiger partial charge in [-0.15, -0.1) is 0 Å². The molecule has 0 saturated heterocycles. The maximum atomic E-state index is 13.2. The minimum Gasteiger partial charge on any atom is -0.402 e. The van der Waals surface area contributed by atoms with Gasteiger partial charge in [-0.25, -0.2) is 22.0 Å². The predicted molar refractivity (Wildman–Crippen MR) is 101 cm³/mol. The zero-order chi connectivity index (χ0) is 24.3. The van der Waals surface area contributed by atoms with E-state index in [0.717, 1.165) is 0 Å². The third kappa shape index (κ3) is 6.96. The van der Waals surface area contributed by atoms with E-state index in [0.29, 0.717) is 18.1 Å². The number of nitriles is 2. The Morgan fingerprint density at radius 1 is 0.906 bits per heavy atom. The second kappa shape index (κ2) is 12.3. The van der Waals surface area contributed by atoms with Crippen LogP contribution >= 0.6 is 0 Å². The average molecular weight is 452 g/mol. The number of hydrogen-bond acceptors (Lipinski definition) is 7. The molecule has 0 aliphatic heterocycles. The molecule has 0 fully saturated rings. The third-order valence-corrected chi connectivity index (χ3v) is 3.71. The van der Waals surface area contributed by atoms with Crippen LogP contribution in [0.25, 0.3) is 0 Å². The molecule has 2 atom stereocenters. The van der Waals surface area contributed by atoms with Gasteiger partial charge >= 0.3 is 7.32 Å². The molecule has 0 spiro atoms. The van der Waals surface area contributed by atoms with Gasteiger partial charge in [0.2, 0.25) is 0 Å². The molecule has 2 N–H and O–H groups in total. The smallest absolute Gasteiger partial charge is 0.402 e. The predicted octanol–water partition coefficient (Wildman–Crippen LogP) is 3.29. The summed E-state index contributed by atoms with van der Waals surface area (Å²) in [5, 5.41) is 33.3. The number of hydrogen-bond donors (Lipinski definition) is 2. The van der Waals surface area contributed by atoms with Gasteiger partial charge in [0.1, 0.15) is 5.60 Å². The molecule has 2 aromatic heterocycles. The summed E-state index contributed by atoms with van der Waals surface area (Å²) in [6.07, 6.45) is 3.36. The van der Waals surface area contributed by atoms with Crippen molar-refractivity contribution < 1.29 is 36.7 Å². The maximum absolute atomic E-state index is 13.2. The molecule has 2 heterocycles. The molecule has 1 aliphatic rings. The first-order valence-electron chi connectivity index (χ1n) is 8.48. The summed E-state index contributed by atoms with van der Waals surface area (Å²) in [5.74, 6) is -8.87. The minimum absolute atomic E-state index is 0.512. The molecule has 3 rings (SSSR count). The molecule has 7 nitrogen and oxygen atoms in total. The Balaban J connectivity index is 0.000000267. The van der Waals surface area contributed by atoms with Gasteiger partial charge in [-0.1, -0.05) is 0 Å². The molecular formula is C19H14BF5N4O3. The van der Waals surface area contributed by atoms with Gasteiger partial charge in [0.05, 0.1) is 23.3 Å². The molecule has 166 valence electrons. The van der Waals surface area contributed by atoms with Crippen molar-refractivity contribution >= 4 is 7.32 Å². The van der Waals surface area contributed by atoms with Crippen molar-refractivity contribution in [2.24, 2.45) is 0 Å². The van der Waals surface area contributed by atoms with Crippen molar-refractivity contribution in [3.8, 4) is 12.1 Å². The lowest BCUT2D eigenvalue weighted by Gasteiger charge is -2.33. The molecule has 1 aliphatic carbocycles. The van der Waals surface area contributed by atoms with E-state index in [1.165, 1.54) is 0 Å². The van der Waals surface area contributed by atoms with Crippen LogP contribution in [0.4, 0.5) is 22.0 Å². The molecular weight excluding hydrogens is 438 g/mol. The molecule has 0 amide bonds. The summed E-state index contributed by atoms with van der Waals surface area (Å²) < 4.78 is 68.4. The van der Waals surface area contributed by atoms with Crippen molar-refractivity contribution in [1.29, 1.82) is 10.5 Å². The summed E-state index contributed by atoms with van der Waals surface area (Å²) in [6, 6.07) is 10.6. The Hall–Kier alpha value is -3.65. The lowest BCUT2D eigenvalue weighted by atomic mass is 9.90. The van der Waals surface area contributed by atoms with Crippen molar-refractivity contribution in [1.82, 2.24) is 9.97 Å². The first-order chi connectivity index (χ1) is 15.1. The highest BCUT2D eigenvalue weighted by Gasteiger charge is 2.52. The fourth-order valence-electron chi connectivity index (χ4n) is 2.07. The number of aromatic nitrogens is 2. The maximum Gasteiger partial charge on any atom is 0.634 e. The standard InChI is InChI=1S/C7H6BF5O3.2C6H4N2/c1-7(16-8(14)15)5(12)3(10)2(9)4(11)6(7)13;2*7-5-6-1-3-8-4-2-6/h5,14-15H,1H3;2*1-4H. The SMILES string of the molecule is CC1(OB(O)O)C(F)=C(F)C(F)=C(F)C1F.N#Cc1ccncc1.N#Cc1ccncc1. The number of pyridine rings is 2. The van der Waals surface area contributed by atoms with Crippen molar-refractivity contribution in [3.63, 3.8) is 0 Å². The van der Waals surface area contributed by atoms with Crippen LogP contribution in [0.2, 0.25) is 0 Å². The Morgan fingerprint density at radius 3 is 1.62 bits per heavy atom. The molecule has 0 saturated carbocycles. The highest BCUT2D eigenvalue weighted by Crippen LogP contribution is 2.43. The van der Waals surface area contributed by atoms with Gasteiger partial charge in [-0.3, -0.25) is 9.97 Å². The lowest BCUT2D eigenvalue weighted by Crippen LogP contribution is -2.47. The van der Waals surface area contributed by atoms with E-state index < -0.39 is 42.4 Å². The van der Waals surface area contributed by atoms with Crippen LogP contribution in [0.3, 0.4) is 0 Å². The van der Waals surface area contributed by atoms with E-state index in [1.807, 2.05) is 12.1 Å². The van der Waals surface area contributed by atoms with Crippen LogP contribution in [0, 0.1) is 22.7 Å². The summed E-state index contributed by atoms with van der Waals surface area (Å²) in [7, 11) is -2.67. The Bertz CT molecular complexity index is 993. The van der Waals surface area contributed by atoms with E-state index in [9.17, 15) is 22.0 Å². The van der Waals surface area contributed by atoms with Gasteiger partial charge in [0.15, 0.2) is 29.5 Å². The van der Waals surface area contributed by atoms with E-state index in [4.69, 9.17) is 20.6 Å². The van der Waals surface area contributed by atoms with Crippen LogP contribution in [0.15, 0.2) is 72.4 Å². The number of rotatable bonds is 2. The Morgan fingerprint density at radius 2 is 1.31 bits per heavy atom. The van der Waals surface area contributed by atoms with E-state index >= 15 is 0 Å². The van der Waals surface area contributed by atoms with Gasteiger partial charge in [-0.05, 0) is 31.2 Å². The van der Waals surface area contributed by atoms with Gasteiger partial charge in [-0.2, -0.15) is 10.5 Å². The molecule has 0 radical (unpaired) electrons. The molecule has 2 aromatic rings. The van der Waals surface area contributed by atoms with E-state index in [1.54, 1.807) is 49.1 Å². The summed E-state index contributed by atoms with van der Waals surface area (Å²) >= 11 is 0. The minimum atomic E-state index is -3.02. The average Bonchev–Trinajstić information content (AvgIpc) is 2.82. The van der Waals surface area contributed by atoms with Crippen molar-refractivity contribution in [3.05, 3.63) is 83.5 Å². The van der Waals surface area contributed by atoms with Crippen LogP contribution in [0.1, 0.15) is 18.1 Å². The Labute approximate surface area is 179 Å². The fourth-order valence-corrected chi connectivity index (χ4v) is 2.07. The topological polar surface area (TPSA) is 123 Å². The second-order valence-electron chi connectivity index (χ2n) is 5.90. The van der Waals surface area contributed by atoms with Gasteiger partial charge in [0, 0.05) is 24.8 Å². The summed E-state index contributed by atoms with van der Waals surface area (Å²) in [6.45, 7) is 0.512. The van der Waals surface area contributed by atoms with Gasteiger partial charge in [0.25, 0.3) is 0 Å². The molecule has 0 aromatic carbocycles. The largest absolute Gasteiger partial charge is 0.634 e. The van der Waals surface area contributed by atoms with E-state index in [-0.39, 0.29) is 0 Å². The number of halogens is 5. The lowest BCUT2D eigenvalue weighted by molar-refractivity contribution is -0.0185. The van der Waals surface area contributed by atoms with Crippen LogP contribution in [-0.4, -0.2) is 39.1 Å². The fraction of sp³-hybridized carbons (Fsp3) is 0.158. The molecule has 2 unspecified atom stereocenters. The molecule has 0 bridgehead atoms. The number of allylic oxidation sites excluding steroid dienone is 2. The number of nitrogens with zero attached hydrogens (tertiary/aromatic N) is 4. The van der Waals surface area contributed by atoms with Crippen molar-refractivity contribution in [2.45, 2.75) is 18.7 Å². The Kier molecular flexibility index (Phi) is 10.1. The normalized spacial score (nSPS) is 19.5. The second-order valence-corrected chi connectivity index (χ2v) is 5.90. The quantitative estimate of drug-likeness (QED) is 0.530. The highest BCUT2D eigenvalue weighted by atomic mass is 19.2. The summed E-state index contributed by atoms with van der Waals surface area (Å²) in [4.78, 5) is 7.48. The zero-order valence-electron chi connectivity index (χ0n) is 16.3. The van der Waals surface area contributed by atoms with Crippen LogP contribution < -0.4 is 0 Å². The summed E-state index contributed by atoms with van der Waals surface area (Å²) in [5.41, 5.74) is -1.65. The van der Waals surface area contributed by atoms with Crippen LogP contribution in [0.5, 0.6) is 0 Å². The first kappa shape index (κ1) is 26.4. The third-order valence-electron chi connectivity index (χ3n) is 3.71. The molecule has 32 heavy (non-hydrogen) atoms. The first-order valence-corrected chi connectivity index (χ1v) is 8.48. The zero-order valence-corrected chi connectivity index (χ0v) is 16.3. The highest BCUT2D eigenvalue weighted by molar-refractivity contribution is 6.32. The monoisotopic (exact) mass is 452 g/mol. The van der Waals surface area contributed by atoms with Crippen LogP contribution in [-0.2, 0) is 4.65 Å². The van der Waals surface area contributed by atoms with Gasteiger partial charge < -0.3 is 14.7 Å². The molecule has 13 heteroatoms. The number of alkyl halides is 1. The van der Waals surface area contributed by atoms with E-state index in [2.05, 4.69) is 14.6 Å². The van der Waals surface area contributed by atoms with Crippen molar-refractivity contribution in [2.75, 3.05) is 0 Å².